The minimum atomic E-state index is -0.0243. The van der Waals surface area contributed by atoms with Crippen LogP contribution in [0.1, 0.15) is 49.9 Å². The van der Waals surface area contributed by atoms with Crippen LogP contribution in [0.3, 0.4) is 0 Å². The molecule has 0 radical (unpaired) electrons. The van der Waals surface area contributed by atoms with Gasteiger partial charge in [-0.15, -0.1) is 0 Å². The fourth-order valence-corrected chi connectivity index (χ4v) is 2.59. The number of amides is 1. The van der Waals surface area contributed by atoms with Crippen LogP contribution in [-0.2, 0) is 0 Å². The van der Waals surface area contributed by atoms with Gasteiger partial charge in [-0.05, 0) is 43.7 Å². The van der Waals surface area contributed by atoms with Gasteiger partial charge in [0.25, 0.3) is 5.91 Å². The first-order valence-electron chi connectivity index (χ1n) is 7.18. The van der Waals surface area contributed by atoms with E-state index in [2.05, 4.69) is 22.5 Å². The molecule has 2 rings (SSSR count). The first-order valence-corrected chi connectivity index (χ1v) is 7.18. The van der Waals surface area contributed by atoms with Crippen molar-refractivity contribution in [3.63, 3.8) is 0 Å². The molecule has 0 aromatic carbocycles. The number of nitrogens with one attached hydrogen (secondary N) is 2. The predicted molar refractivity (Wildman–Crippen MR) is 77.3 cm³/mol. The van der Waals surface area contributed by atoms with Crippen molar-refractivity contribution in [3.05, 3.63) is 23.9 Å². The Morgan fingerprint density at radius 3 is 2.79 bits per heavy atom. The van der Waals surface area contributed by atoms with E-state index in [1.807, 2.05) is 13.0 Å². The summed E-state index contributed by atoms with van der Waals surface area (Å²) in [7, 11) is 0. The van der Waals surface area contributed by atoms with Crippen LogP contribution in [0.5, 0.6) is 0 Å². The zero-order chi connectivity index (χ0) is 13.7. The van der Waals surface area contributed by atoms with Gasteiger partial charge in [0, 0.05) is 19.3 Å². The van der Waals surface area contributed by atoms with Gasteiger partial charge in [-0.2, -0.15) is 0 Å². The summed E-state index contributed by atoms with van der Waals surface area (Å²) >= 11 is 0. The molecule has 0 unspecified atom stereocenters. The first-order chi connectivity index (χ1) is 9.21. The Labute approximate surface area is 115 Å². The second-order valence-corrected chi connectivity index (χ2v) is 5.32. The minimum Gasteiger partial charge on any atom is -0.370 e. The third-order valence-corrected chi connectivity index (χ3v) is 4.18. The predicted octanol–water partition coefficient (Wildman–Crippen LogP) is 2.82. The maximum absolute atomic E-state index is 12.3. The highest BCUT2D eigenvalue weighted by Gasteiger charge is 2.35. The SMILES string of the molecule is CCNc1ncccc1C(=O)NCC1(CC)CCC1. The second-order valence-electron chi connectivity index (χ2n) is 5.32. The number of carbonyl (C=O) groups is 1. The van der Waals surface area contributed by atoms with Crippen LogP contribution in [0.15, 0.2) is 18.3 Å². The summed E-state index contributed by atoms with van der Waals surface area (Å²) in [5.41, 5.74) is 0.978. The third kappa shape index (κ3) is 3.06. The van der Waals surface area contributed by atoms with Gasteiger partial charge >= 0.3 is 0 Å². The standard InChI is InChI=1S/C15H23N3O/c1-3-15(8-6-9-15)11-18-14(19)12-7-5-10-17-13(12)16-4-2/h5,7,10H,3-4,6,8-9,11H2,1-2H3,(H,16,17)(H,18,19). The average Bonchev–Trinajstić information content (AvgIpc) is 2.39. The number of hydrogen-bond donors (Lipinski definition) is 2. The lowest BCUT2D eigenvalue weighted by molar-refractivity contribution is 0.0850. The van der Waals surface area contributed by atoms with Gasteiger partial charge in [0.15, 0.2) is 0 Å². The van der Waals surface area contributed by atoms with Crippen LogP contribution in [0.4, 0.5) is 5.82 Å². The van der Waals surface area contributed by atoms with Crippen molar-refractivity contribution in [1.82, 2.24) is 10.3 Å². The van der Waals surface area contributed by atoms with Crippen LogP contribution >= 0.6 is 0 Å². The zero-order valence-corrected chi connectivity index (χ0v) is 11.8. The Morgan fingerprint density at radius 1 is 1.42 bits per heavy atom. The second kappa shape index (κ2) is 6.04. The summed E-state index contributed by atoms with van der Waals surface area (Å²) < 4.78 is 0. The van der Waals surface area contributed by atoms with Crippen molar-refractivity contribution in [2.75, 3.05) is 18.4 Å². The topological polar surface area (TPSA) is 54.0 Å². The molecule has 0 atom stereocenters. The normalized spacial score (nSPS) is 16.5. The molecule has 0 saturated heterocycles. The molecule has 4 heteroatoms. The van der Waals surface area contributed by atoms with Crippen molar-refractivity contribution >= 4 is 11.7 Å². The van der Waals surface area contributed by atoms with E-state index in [1.165, 1.54) is 19.3 Å². The number of carbonyl (C=O) groups excluding carboxylic acids is 1. The molecule has 0 aliphatic heterocycles. The molecule has 1 aromatic rings. The zero-order valence-electron chi connectivity index (χ0n) is 11.8. The molecule has 4 nitrogen and oxygen atoms in total. The van der Waals surface area contributed by atoms with E-state index in [0.717, 1.165) is 19.5 Å². The van der Waals surface area contributed by atoms with E-state index in [4.69, 9.17) is 0 Å². The number of aromatic nitrogens is 1. The number of nitrogens with zero attached hydrogens (tertiary/aromatic N) is 1. The Balaban J connectivity index is 1.99. The number of hydrogen-bond acceptors (Lipinski definition) is 3. The Hall–Kier alpha value is -1.58. The molecule has 1 amide bonds. The largest absolute Gasteiger partial charge is 0.370 e. The fraction of sp³-hybridized carbons (Fsp3) is 0.600. The van der Waals surface area contributed by atoms with E-state index >= 15 is 0 Å². The van der Waals surface area contributed by atoms with Crippen molar-refractivity contribution in [1.29, 1.82) is 0 Å². The molecule has 1 fully saturated rings. The van der Waals surface area contributed by atoms with Crippen LogP contribution in [0, 0.1) is 5.41 Å². The average molecular weight is 261 g/mol. The quantitative estimate of drug-likeness (QED) is 0.828. The van der Waals surface area contributed by atoms with Gasteiger partial charge in [-0.3, -0.25) is 4.79 Å². The Morgan fingerprint density at radius 2 is 2.21 bits per heavy atom. The molecular formula is C15H23N3O. The van der Waals surface area contributed by atoms with Gasteiger partial charge in [-0.25, -0.2) is 4.98 Å². The highest BCUT2D eigenvalue weighted by molar-refractivity contribution is 5.98. The lowest BCUT2D eigenvalue weighted by Crippen LogP contribution is -2.41. The van der Waals surface area contributed by atoms with E-state index in [9.17, 15) is 4.79 Å². The molecule has 1 aliphatic rings. The molecule has 1 aromatic heterocycles. The summed E-state index contributed by atoms with van der Waals surface area (Å²) in [6.45, 7) is 5.75. The van der Waals surface area contributed by atoms with Gasteiger partial charge in [0.1, 0.15) is 5.82 Å². The molecule has 0 bridgehead atoms. The monoisotopic (exact) mass is 261 g/mol. The van der Waals surface area contributed by atoms with E-state index in [-0.39, 0.29) is 5.91 Å². The smallest absolute Gasteiger partial charge is 0.255 e. The van der Waals surface area contributed by atoms with Crippen LogP contribution in [0.2, 0.25) is 0 Å². The van der Waals surface area contributed by atoms with Gasteiger partial charge < -0.3 is 10.6 Å². The van der Waals surface area contributed by atoms with Crippen LogP contribution < -0.4 is 10.6 Å². The molecule has 2 N–H and O–H groups in total. The van der Waals surface area contributed by atoms with E-state index in [0.29, 0.717) is 16.8 Å². The van der Waals surface area contributed by atoms with E-state index < -0.39 is 0 Å². The number of anilines is 1. The summed E-state index contributed by atoms with van der Waals surface area (Å²) in [6, 6.07) is 3.62. The molecule has 1 heterocycles. The highest BCUT2D eigenvalue weighted by Crippen LogP contribution is 2.43. The summed E-state index contributed by atoms with van der Waals surface area (Å²) in [5.74, 6) is 0.644. The lowest BCUT2D eigenvalue weighted by Gasteiger charge is -2.41. The van der Waals surface area contributed by atoms with Gasteiger partial charge in [-0.1, -0.05) is 13.3 Å². The molecule has 0 spiro atoms. The summed E-state index contributed by atoms with van der Waals surface area (Å²) in [5, 5.41) is 6.20. The minimum absolute atomic E-state index is 0.0243. The van der Waals surface area contributed by atoms with E-state index in [1.54, 1.807) is 12.3 Å². The fourth-order valence-electron chi connectivity index (χ4n) is 2.59. The first kappa shape index (κ1) is 13.8. The lowest BCUT2D eigenvalue weighted by atomic mass is 9.67. The molecule has 1 saturated carbocycles. The van der Waals surface area contributed by atoms with Crippen molar-refractivity contribution in [2.24, 2.45) is 5.41 Å². The molecule has 104 valence electrons. The number of pyridine rings is 1. The summed E-state index contributed by atoms with van der Waals surface area (Å²) in [6.07, 6.45) is 6.60. The maximum Gasteiger partial charge on any atom is 0.255 e. The Bertz CT molecular complexity index is 435. The third-order valence-electron chi connectivity index (χ3n) is 4.18. The van der Waals surface area contributed by atoms with Gasteiger partial charge in [0.2, 0.25) is 0 Å². The van der Waals surface area contributed by atoms with Crippen molar-refractivity contribution in [3.8, 4) is 0 Å². The van der Waals surface area contributed by atoms with Crippen LogP contribution in [0.25, 0.3) is 0 Å². The molecule has 19 heavy (non-hydrogen) atoms. The van der Waals surface area contributed by atoms with Crippen molar-refractivity contribution in [2.45, 2.75) is 39.5 Å². The summed E-state index contributed by atoms with van der Waals surface area (Å²) in [4.78, 5) is 16.5. The van der Waals surface area contributed by atoms with Crippen molar-refractivity contribution < 1.29 is 4.79 Å². The number of rotatable bonds is 6. The molecular weight excluding hydrogens is 238 g/mol. The van der Waals surface area contributed by atoms with Gasteiger partial charge in [0.05, 0.1) is 5.56 Å². The highest BCUT2D eigenvalue weighted by atomic mass is 16.1. The Kier molecular flexibility index (Phi) is 4.40. The van der Waals surface area contributed by atoms with Crippen LogP contribution in [-0.4, -0.2) is 24.0 Å². The maximum atomic E-state index is 12.3. The molecule has 1 aliphatic carbocycles.